The minimum absolute atomic E-state index is 0.218. The average molecular weight is 418 g/mol. The van der Waals surface area contributed by atoms with Crippen LogP contribution in [0.25, 0.3) is 11.3 Å². The first-order chi connectivity index (χ1) is 14.3. The Kier molecular flexibility index (Phi) is 5.95. The molecule has 30 heavy (non-hydrogen) atoms. The van der Waals surface area contributed by atoms with E-state index in [4.69, 9.17) is 10.5 Å². The molecule has 0 saturated heterocycles. The maximum Gasteiger partial charge on any atom is 0.253 e. The number of benzene rings is 1. The van der Waals surface area contributed by atoms with Gasteiger partial charge in [-0.05, 0) is 32.0 Å². The highest BCUT2D eigenvalue weighted by Crippen LogP contribution is 2.25. The highest BCUT2D eigenvalue weighted by atomic mass is 32.1. The molecule has 0 saturated carbocycles. The molecule has 150 valence electrons. The van der Waals surface area contributed by atoms with E-state index >= 15 is 0 Å². The van der Waals surface area contributed by atoms with Crippen LogP contribution in [0.15, 0.2) is 48.1 Å². The second kappa shape index (κ2) is 8.60. The summed E-state index contributed by atoms with van der Waals surface area (Å²) in [5, 5.41) is 25.5. The van der Waals surface area contributed by atoms with Crippen molar-refractivity contribution in [1.82, 2.24) is 14.9 Å². The van der Waals surface area contributed by atoms with Crippen LogP contribution in [-0.2, 0) is 10.3 Å². The summed E-state index contributed by atoms with van der Waals surface area (Å²) in [6.07, 6.45) is 3.22. The zero-order valence-corrected chi connectivity index (χ0v) is 17.2. The molecule has 1 aromatic carbocycles. The lowest BCUT2D eigenvalue weighted by Gasteiger charge is -2.17. The molecule has 8 nitrogen and oxygen atoms in total. The van der Waals surface area contributed by atoms with E-state index in [1.165, 1.54) is 11.3 Å². The largest absolute Gasteiger partial charge is 0.343 e. The molecule has 0 aliphatic rings. The molecule has 0 atom stereocenters. The number of nitrogens with zero attached hydrogens (tertiary/aromatic N) is 4. The first kappa shape index (κ1) is 20.8. The average Bonchev–Trinajstić information content (AvgIpc) is 3.42. The number of rotatable bonds is 6. The number of amides is 2. The Hall–Kier alpha value is -3.95. The molecule has 9 heteroatoms. The van der Waals surface area contributed by atoms with Crippen molar-refractivity contribution in [2.75, 3.05) is 11.9 Å². The van der Waals surface area contributed by atoms with E-state index in [-0.39, 0.29) is 6.54 Å². The predicted molar refractivity (Wildman–Crippen MR) is 113 cm³/mol. The fourth-order valence-electron chi connectivity index (χ4n) is 2.57. The summed E-state index contributed by atoms with van der Waals surface area (Å²) in [6, 6.07) is 12.9. The number of nitrogens with one attached hydrogen (secondary N) is 2. The second-order valence-corrected chi connectivity index (χ2v) is 7.80. The van der Waals surface area contributed by atoms with Crippen LogP contribution in [0.2, 0.25) is 0 Å². The molecular weight excluding hydrogens is 400 g/mol. The molecular formula is C21H18N6O2S. The third-order valence-corrected chi connectivity index (χ3v) is 5.08. The molecule has 0 aliphatic heterocycles. The van der Waals surface area contributed by atoms with Gasteiger partial charge in [0.25, 0.3) is 5.91 Å². The number of thiazole rings is 1. The van der Waals surface area contributed by atoms with Gasteiger partial charge in [-0.15, -0.1) is 11.3 Å². The minimum atomic E-state index is -0.773. The molecule has 2 heterocycles. The van der Waals surface area contributed by atoms with Gasteiger partial charge in [0.15, 0.2) is 5.13 Å². The van der Waals surface area contributed by atoms with Crippen LogP contribution in [-0.4, -0.2) is 27.9 Å². The van der Waals surface area contributed by atoms with E-state index in [1.54, 1.807) is 60.5 Å². The van der Waals surface area contributed by atoms with Crippen LogP contribution in [0.1, 0.15) is 29.8 Å². The van der Waals surface area contributed by atoms with Crippen molar-refractivity contribution in [1.29, 1.82) is 10.5 Å². The first-order valence-corrected chi connectivity index (χ1v) is 9.84. The lowest BCUT2D eigenvalue weighted by Crippen LogP contribution is -2.32. The third-order valence-electron chi connectivity index (χ3n) is 4.32. The molecule has 0 bridgehead atoms. The quantitative estimate of drug-likeness (QED) is 0.636. The lowest BCUT2D eigenvalue weighted by molar-refractivity contribution is -0.115. The van der Waals surface area contributed by atoms with Crippen molar-refractivity contribution in [3.8, 4) is 23.4 Å². The summed E-state index contributed by atoms with van der Waals surface area (Å²) < 4.78 is 1.64. The number of nitriles is 2. The SMILES string of the molecule is CC(C)(C#N)n1ccc(C(=O)NCC(=O)Nc2nc(-c3cccc(C#N)c3)cs2)c1. The molecule has 0 radical (unpaired) electrons. The summed E-state index contributed by atoms with van der Waals surface area (Å²) in [7, 11) is 0. The van der Waals surface area contributed by atoms with E-state index in [1.807, 2.05) is 6.07 Å². The number of aromatic nitrogens is 2. The van der Waals surface area contributed by atoms with Gasteiger partial charge in [-0.25, -0.2) is 4.98 Å². The van der Waals surface area contributed by atoms with Gasteiger partial charge >= 0.3 is 0 Å². The van der Waals surface area contributed by atoms with E-state index < -0.39 is 17.4 Å². The molecule has 0 fully saturated rings. The van der Waals surface area contributed by atoms with Crippen LogP contribution >= 0.6 is 11.3 Å². The van der Waals surface area contributed by atoms with Gasteiger partial charge in [-0.1, -0.05) is 12.1 Å². The van der Waals surface area contributed by atoms with E-state index in [0.29, 0.717) is 22.0 Å². The van der Waals surface area contributed by atoms with Crippen LogP contribution in [0.4, 0.5) is 5.13 Å². The molecule has 2 aromatic heterocycles. The molecule has 0 spiro atoms. The maximum atomic E-state index is 12.3. The zero-order valence-electron chi connectivity index (χ0n) is 16.3. The van der Waals surface area contributed by atoms with Crippen molar-refractivity contribution < 1.29 is 9.59 Å². The summed E-state index contributed by atoms with van der Waals surface area (Å²) in [5.74, 6) is -0.822. The van der Waals surface area contributed by atoms with Gasteiger partial charge in [0, 0.05) is 23.3 Å². The normalized spacial score (nSPS) is 10.7. The predicted octanol–water partition coefficient (Wildman–Crippen LogP) is 3.11. The lowest BCUT2D eigenvalue weighted by atomic mass is 10.1. The number of carbonyl (C=O) groups excluding carboxylic acids is 2. The number of carbonyl (C=O) groups is 2. The monoisotopic (exact) mass is 418 g/mol. The molecule has 3 aromatic rings. The van der Waals surface area contributed by atoms with Crippen molar-refractivity contribution in [2.45, 2.75) is 19.4 Å². The summed E-state index contributed by atoms with van der Waals surface area (Å²) in [4.78, 5) is 28.8. The van der Waals surface area contributed by atoms with Gasteiger partial charge in [-0.2, -0.15) is 10.5 Å². The van der Waals surface area contributed by atoms with Gasteiger partial charge in [0.1, 0.15) is 5.54 Å². The van der Waals surface area contributed by atoms with Crippen molar-refractivity contribution in [3.05, 3.63) is 59.2 Å². The summed E-state index contributed by atoms with van der Waals surface area (Å²) in [5.41, 5.74) is 1.55. The maximum absolute atomic E-state index is 12.3. The topological polar surface area (TPSA) is 124 Å². The highest BCUT2D eigenvalue weighted by molar-refractivity contribution is 7.14. The van der Waals surface area contributed by atoms with Crippen LogP contribution in [0, 0.1) is 22.7 Å². The standard InChI is InChI=1S/C21H18N6O2S/c1-21(2,13-23)27-7-6-16(11-27)19(29)24-10-18(28)26-20-25-17(12-30-20)15-5-3-4-14(8-15)9-22/h3-8,11-12H,10H2,1-2H3,(H,24,29)(H,25,26,28). The van der Waals surface area contributed by atoms with E-state index in [2.05, 4.69) is 27.8 Å². The Morgan fingerprint density at radius 1 is 1.27 bits per heavy atom. The van der Waals surface area contributed by atoms with Gasteiger partial charge < -0.3 is 15.2 Å². The van der Waals surface area contributed by atoms with E-state index in [0.717, 1.165) is 5.56 Å². The highest BCUT2D eigenvalue weighted by Gasteiger charge is 2.20. The molecule has 2 N–H and O–H groups in total. The Labute approximate surface area is 177 Å². The minimum Gasteiger partial charge on any atom is -0.343 e. The smallest absolute Gasteiger partial charge is 0.253 e. The van der Waals surface area contributed by atoms with E-state index in [9.17, 15) is 9.59 Å². The Balaban J connectivity index is 1.57. The zero-order chi connectivity index (χ0) is 21.7. The van der Waals surface area contributed by atoms with Crippen LogP contribution in [0.5, 0.6) is 0 Å². The summed E-state index contributed by atoms with van der Waals surface area (Å²) >= 11 is 1.25. The number of anilines is 1. The first-order valence-electron chi connectivity index (χ1n) is 8.96. The Bertz CT molecular complexity index is 1180. The van der Waals surface area contributed by atoms with Gasteiger partial charge in [0.2, 0.25) is 5.91 Å². The number of hydrogen-bond acceptors (Lipinski definition) is 6. The van der Waals surface area contributed by atoms with Crippen molar-refractivity contribution in [3.63, 3.8) is 0 Å². The fourth-order valence-corrected chi connectivity index (χ4v) is 3.31. The molecule has 0 aliphatic carbocycles. The fraction of sp³-hybridized carbons (Fsp3) is 0.190. The molecule has 3 rings (SSSR count). The second-order valence-electron chi connectivity index (χ2n) is 6.94. The Morgan fingerprint density at radius 2 is 2.07 bits per heavy atom. The van der Waals surface area contributed by atoms with Crippen LogP contribution in [0.3, 0.4) is 0 Å². The molecule has 2 amide bonds. The third kappa shape index (κ3) is 4.72. The van der Waals surface area contributed by atoms with Gasteiger partial charge in [-0.3, -0.25) is 9.59 Å². The van der Waals surface area contributed by atoms with Crippen molar-refractivity contribution >= 4 is 28.3 Å². The Morgan fingerprint density at radius 3 is 2.80 bits per heavy atom. The molecule has 0 unspecified atom stereocenters. The van der Waals surface area contributed by atoms with Crippen LogP contribution < -0.4 is 10.6 Å². The number of hydrogen-bond donors (Lipinski definition) is 2. The summed E-state index contributed by atoms with van der Waals surface area (Å²) in [6.45, 7) is 3.26. The van der Waals surface area contributed by atoms with Crippen molar-refractivity contribution in [2.24, 2.45) is 0 Å². The van der Waals surface area contributed by atoms with Gasteiger partial charge in [0.05, 0.1) is 35.5 Å².